The van der Waals surface area contributed by atoms with E-state index in [4.69, 9.17) is 4.52 Å². The van der Waals surface area contributed by atoms with Gasteiger partial charge in [0.25, 0.3) is 0 Å². The zero-order chi connectivity index (χ0) is 8.39. The lowest BCUT2D eigenvalue weighted by atomic mass is 10.0. The number of rotatable bonds is 1. The van der Waals surface area contributed by atoms with Crippen LogP contribution in [0.1, 0.15) is 36.8 Å². The summed E-state index contributed by atoms with van der Waals surface area (Å²) in [6.07, 6.45) is 3.77. The molecule has 74 valence electrons. The van der Waals surface area contributed by atoms with E-state index < -0.39 is 0 Å². The lowest BCUT2D eigenvalue weighted by molar-refractivity contribution is 0.355. The minimum Gasteiger partial charge on any atom is -0.361 e. The highest BCUT2D eigenvalue weighted by atomic mass is 35.5. The van der Waals surface area contributed by atoms with E-state index in [1.807, 2.05) is 13.0 Å². The number of nitrogens with zero attached hydrogens (tertiary/aromatic N) is 1. The molecule has 0 saturated carbocycles. The van der Waals surface area contributed by atoms with Gasteiger partial charge in [-0.15, -0.1) is 12.4 Å². The maximum absolute atomic E-state index is 5.03. The third kappa shape index (κ3) is 2.45. The molecule has 4 heteroatoms. The Kier molecular flexibility index (Phi) is 3.75. The van der Waals surface area contributed by atoms with Crippen molar-refractivity contribution in [2.45, 2.75) is 32.2 Å². The van der Waals surface area contributed by atoms with E-state index >= 15 is 0 Å². The number of halogens is 1. The summed E-state index contributed by atoms with van der Waals surface area (Å²) in [4.78, 5) is 0. The molecule has 0 bridgehead atoms. The van der Waals surface area contributed by atoms with Crippen molar-refractivity contribution in [2.75, 3.05) is 6.54 Å². The molecule has 0 amide bonds. The first kappa shape index (κ1) is 10.5. The number of piperidine rings is 1. The minimum atomic E-state index is 0. The van der Waals surface area contributed by atoms with Crippen LogP contribution in [-0.4, -0.2) is 11.7 Å². The van der Waals surface area contributed by atoms with Crippen molar-refractivity contribution in [2.24, 2.45) is 0 Å². The fourth-order valence-corrected chi connectivity index (χ4v) is 1.65. The van der Waals surface area contributed by atoms with Crippen molar-refractivity contribution in [1.82, 2.24) is 10.5 Å². The highest BCUT2D eigenvalue weighted by Gasteiger charge is 2.17. The third-order valence-corrected chi connectivity index (χ3v) is 2.31. The molecule has 0 aromatic carbocycles. The SMILES string of the molecule is Cc1cc(C2CCCCN2)no1.Cl. The van der Waals surface area contributed by atoms with Gasteiger partial charge in [-0.25, -0.2) is 0 Å². The van der Waals surface area contributed by atoms with E-state index in [1.54, 1.807) is 0 Å². The average molecular weight is 203 g/mol. The molecule has 1 fully saturated rings. The Morgan fingerprint density at radius 3 is 2.92 bits per heavy atom. The van der Waals surface area contributed by atoms with E-state index in [0.29, 0.717) is 6.04 Å². The van der Waals surface area contributed by atoms with Gasteiger partial charge in [0.1, 0.15) is 11.5 Å². The molecule has 1 aliphatic heterocycles. The second kappa shape index (κ2) is 4.63. The highest BCUT2D eigenvalue weighted by molar-refractivity contribution is 5.85. The summed E-state index contributed by atoms with van der Waals surface area (Å²) in [5.74, 6) is 0.900. The summed E-state index contributed by atoms with van der Waals surface area (Å²) in [6, 6.07) is 2.44. The number of nitrogens with one attached hydrogen (secondary N) is 1. The zero-order valence-electron chi connectivity index (χ0n) is 7.75. The fourth-order valence-electron chi connectivity index (χ4n) is 1.65. The van der Waals surface area contributed by atoms with Gasteiger partial charge in [-0.1, -0.05) is 11.6 Å². The van der Waals surface area contributed by atoms with Gasteiger partial charge in [0, 0.05) is 6.07 Å². The Bertz CT molecular complexity index is 256. The van der Waals surface area contributed by atoms with Gasteiger partial charge in [0.05, 0.1) is 6.04 Å². The predicted octanol–water partition coefficient (Wildman–Crippen LogP) is 2.22. The number of hydrogen-bond acceptors (Lipinski definition) is 3. The Hall–Kier alpha value is -0.540. The van der Waals surface area contributed by atoms with Crippen molar-refractivity contribution >= 4 is 12.4 Å². The Morgan fingerprint density at radius 2 is 2.38 bits per heavy atom. The summed E-state index contributed by atoms with van der Waals surface area (Å²) in [5, 5.41) is 7.43. The van der Waals surface area contributed by atoms with E-state index in [-0.39, 0.29) is 12.4 Å². The van der Waals surface area contributed by atoms with Crippen LogP contribution in [0.15, 0.2) is 10.6 Å². The molecule has 0 aliphatic carbocycles. The smallest absolute Gasteiger partial charge is 0.133 e. The van der Waals surface area contributed by atoms with Crippen molar-refractivity contribution in [3.8, 4) is 0 Å². The van der Waals surface area contributed by atoms with Gasteiger partial charge in [0.2, 0.25) is 0 Å². The van der Waals surface area contributed by atoms with Crippen LogP contribution < -0.4 is 5.32 Å². The summed E-state index contributed by atoms with van der Waals surface area (Å²) in [7, 11) is 0. The van der Waals surface area contributed by atoms with Crippen molar-refractivity contribution in [1.29, 1.82) is 0 Å². The molecule has 1 saturated heterocycles. The Balaban J connectivity index is 0.000000845. The van der Waals surface area contributed by atoms with Gasteiger partial charge in [-0.2, -0.15) is 0 Å². The van der Waals surface area contributed by atoms with E-state index in [9.17, 15) is 0 Å². The van der Waals surface area contributed by atoms with Crippen LogP contribution in [0.4, 0.5) is 0 Å². The number of aryl methyl sites for hydroxylation is 1. The zero-order valence-corrected chi connectivity index (χ0v) is 8.56. The van der Waals surface area contributed by atoms with Crippen LogP contribution in [-0.2, 0) is 0 Å². The third-order valence-electron chi connectivity index (χ3n) is 2.31. The molecule has 1 aliphatic rings. The van der Waals surface area contributed by atoms with Crippen LogP contribution in [0.2, 0.25) is 0 Å². The molecular weight excluding hydrogens is 188 g/mol. The van der Waals surface area contributed by atoms with Gasteiger partial charge in [0.15, 0.2) is 0 Å². The van der Waals surface area contributed by atoms with Crippen LogP contribution in [0, 0.1) is 6.92 Å². The molecule has 2 rings (SSSR count). The molecule has 1 N–H and O–H groups in total. The summed E-state index contributed by atoms with van der Waals surface area (Å²) in [6.45, 7) is 3.04. The van der Waals surface area contributed by atoms with Crippen molar-refractivity contribution < 1.29 is 4.52 Å². The highest BCUT2D eigenvalue weighted by Crippen LogP contribution is 2.21. The number of hydrogen-bond donors (Lipinski definition) is 1. The summed E-state index contributed by atoms with van der Waals surface area (Å²) < 4.78 is 5.03. The average Bonchev–Trinajstić information content (AvgIpc) is 2.54. The summed E-state index contributed by atoms with van der Waals surface area (Å²) in [5.41, 5.74) is 1.06. The molecule has 1 aromatic heterocycles. The Labute approximate surface area is 84.3 Å². The molecule has 0 spiro atoms. The van der Waals surface area contributed by atoms with Crippen molar-refractivity contribution in [3.05, 3.63) is 17.5 Å². The molecule has 13 heavy (non-hydrogen) atoms. The lowest BCUT2D eigenvalue weighted by Gasteiger charge is -2.20. The normalized spacial score (nSPS) is 22.4. The molecule has 1 atom stereocenters. The van der Waals surface area contributed by atoms with Crippen LogP contribution in [0.3, 0.4) is 0 Å². The standard InChI is InChI=1S/C9H14N2O.ClH/c1-7-6-9(11-12-7)8-4-2-3-5-10-8;/h6,8,10H,2-5H2,1H3;1H. The van der Waals surface area contributed by atoms with Crippen LogP contribution in [0.5, 0.6) is 0 Å². The molecule has 3 nitrogen and oxygen atoms in total. The van der Waals surface area contributed by atoms with E-state index in [1.165, 1.54) is 19.3 Å². The topological polar surface area (TPSA) is 38.1 Å². The van der Waals surface area contributed by atoms with Crippen LogP contribution in [0.25, 0.3) is 0 Å². The van der Waals surface area contributed by atoms with Gasteiger partial charge in [-0.05, 0) is 26.3 Å². The first-order valence-electron chi connectivity index (χ1n) is 4.53. The first-order valence-corrected chi connectivity index (χ1v) is 4.53. The summed E-state index contributed by atoms with van der Waals surface area (Å²) >= 11 is 0. The Morgan fingerprint density at radius 1 is 1.54 bits per heavy atom. The predicted molar refractivity (Wildman–Crippen MR) is 53.1 cm³/mol. The largest absolute Gasteiger partial charge is 0.361 e. The second-order valence-corrected chi connectivity index (χ2v) is 3.36. The second-order valence-electron chi connectivity index (χ2n) is 3.36. The van der Waals surface area contributed by atoms with Gasteiger partial charge in [-0.3, -0.25) is 0 Å². The quantitative estimate of drug-likeness (QED) is 0.759. The first-order chi connectivity index (χ1) is 5.86. The fraction of sp³-hybridized carbons (Fsp3) is 0.667. The molecule has 1 unspecified atom stereocenters. The minimum absolute atomic E-state index is 0. The van der Waals surface area contributed by atoms with Gasteiger partial charge >= 0.3 is 0 Å². The van der Waals surface area contributed by atoms with Crippen molar-refractivity contribution in [3.63, 3.8) is 0 Å². The molecule has 1 aromatic rings. The molecule has 2 heterocycles. The van der Waals surface area contributed by atoms with Gasteiger partial charge < -0.3 is 9.84 Å². The van der Waals surface area contributed by atoms with E-state index in [0.717, 1.165) is 18.0 Å². The molecule has 0 radical (unpaired) electrons. The molecular formula is C9H15ClN2O. The monoisotopic (exact) mass is 202 g/mol. The maximum Gasteiger partial charge on any atom is 0.133 e. The van der Waals surface area contributed by atoms with Crippen LogP contribution >= 0.6 is 12.4 Å². The van der Waals surface area contributed by atoms with E-state index in [2.05, 4.69) is 10.5 Å². The lowest BCUT2D eigenvalue weighted by Crippen LogP contribution is -2.26. The maximum atomic E-state index is 5.03. The number of aromatic nitrogens is 1.